The van der Waals surface area contributed by atoms with E-state index in [1.807, 2.05) is 47.4 Å². The summed E-state index contributed by atoms with van der Waals surface area (Å²) in [6.07, 6.45) is 1.95. The number of nitrogens with zero attached hydrogens (tertiary/aromatic N) is 4. The summed E-state index contributed by atoms with van der Waals surface area (Å²) in [4.78, 5) is 21.5. The van der Waals surface area contributed by atoms with E-state index in [1.54, 1.807) is 0 Å². The fourth-order valence-corrected chi connectivity index (χ4v) is 3.20. The lowest BCUT2D eigenvalue weighted by atomic mass is 9.96. The van der Waals surface area contributed by atoms with Crippen molar-refractivity contribution >= 4 is 22.6 Å². The summed E-state index contributed by atoms with van der Waals surface area (Å²) in [5, 5.41) is 7.97. The first-order chi connectivity index (χ1) is 11.7. The number of para-hydroxylation sites is 2. The SMILES string of the molecule is CC1CCc2ccccc2N1C(=O)COn1nnc2ccccc21. The first-order valence-corrected chi connectivity index (χ1v) is 8.08. The molecule has 1 amide bonds. The van der Waals surface area contributed by atoms with Crippen LogP contribution in [0.5, 0.6) is 0 Å². The predicted molar refractivity (Wildman–Crippen MR) is 90.7 cm³/mol. The van der Waals surface area contributed by atoms with Gasteiger partial charge in [-0.25, -0.2) is 0 Å². The number of amides is 1. The number of hydrogen-bond acceptors (Lipinski definition) is 4. The van der Waals surface area contributed by atoms with Crippen LogP contribution in [0.4, 0.5) is 5.69 Å². The Hall–Kier alpha value is -2.89. The van der Waals surface area contributed by atoms with Crippen LogP contribution in [0.3, 0.4) is 0 Å². The van der Waals surface area contributed by atoms with Crippen molar-refractivity contribution in [3.05, 3.63) is 54.1 Å². The minimum atomic E-state index is -0.0774. The second kappa shape index (κ2) is 5.96. The summed E-state index contributed by atoms with van der Waals surface area (Å²) in [5.74, 6) is -0.0748. The molecule has 0 saturated carbocycles. The minimum absolute atomic E-state index is 0.0748. The van der Waals surface area contributed by atoms with E-state index in [1.165, 1.54) is 10.4 Å². The first kappa shape index (κ1) is 14.7. The van der Waals surface area contributed by atoms with E-state index in [9.17, 15) is 4.79 Å². The molecule has 1 aliphatic heterocycles. The zero-order valence-electron chi connectivity index (χ0n) is 13.4. The van der Waals surface area contributed by atoms with Gasteiger partial charge in [-0.1, -0.05) is 35.2 Å². The van der Waals surface area contributed by atoms with Crippen molar-refractivity contribution in [1.82, 2.24) is 15.2 Å². The molecule has 6 heteroatoms. The second-order valence-corrected chi connectivity index (χ2v) is 6.00. The summed E-state index contributed by atoms with van der Waals surface area (Å²) >= 11 is 0. The Bertz CT molecular complexity index is 889. The van der Waals surface area contributed by atoms with E-state index in [-0.39, 0.29) is 18.6 Å². The topological polar surface area (TPSA) is 60.2 Å². The highest BCUT2D eigenvalue weighted by molar-refractivity contribution is 5.96. The van der Waals surface area contributed by atoms with Gasteiger partial charge in [0.15, 0.2) is 6.61 Å². The zero-order chi connectivity index (χ0) is 16.5. The third-order valence-corrected chi connectivity index (χ3v) is 4.42. The van der Waals surface area contributed by atoms with Gasteiger partial charge in [0.1, 0.15) is 11.0 Å². The summed E-state index contributed by atoms with van der Waals surface area (Å²) in [7, 11) is 0. The summed E-state index contributed by atoms with van der Waals surface area (Å²) in [6.45, 7) is 1.99. The van der Waals surface area contributed by atoms with E-state index < -0.39 is 0 Å². The van der Waals surface area contributed by atoms with E-state index in [2.05, 4.69) is 23.3 Å². The molecule has 0 fully saturated rings. The van der Waals surface area contributed by atoms with Gasteiger partial charge in [0.2, 0.25) is 0 Å². The number of carbonyl (C=O) groups excluding carboxylic acids is 1. The van der Waals surface area contributed by atoms with Crippen LogP contribution in [-0.4, -0.2) is 33.7 Å². The molecule has 0 bridgehead atoms. The number of fused-ring (bicyclic) bond motifs is 2. The van der Waals surface area contributed by atoms with Crippen molar-refractivity contribution < 1.29 is 9.63 Å². The van der Waals surface area contributed by atoms with Gasteiger partial charge in [-0.2, -0.15) is 0 Å². The highest BCUT2D eigenvalue weighted by atomic mass is 16.7. The van der Waals surface area contributed by atoms with Crippen LogP contribution in [-0.2, 0) is 11.2 Å². The number of aryl methyl sites for hydroxylation is 1. The quantitative estimate of drug-likeness (QED) is 0.742. The number of aromatic nitrogens is 3. The minimum Gasteiger partial charge on any atom is -0.385 e. The molecule has 0 radical (unpaired) electrons. The van der Waals surface area contributed by atoms with Crippen molar-refractivity contribution in [2.75, 3.05) is 11.5 Å². The lowest BCUT2D eigenvalue weighted by molar-refractivity contribution is -0.124. The third-order valence-electron chi connectivity index (χ3n) is 4.42. The van der Waals surface area contributed by atoms with Gasteiger partial charge in [0.25, 0.3) is 5.91 Å². The maximum Gasteiger partial charge on any atom is 0.268 e. The van der Waals surface area contributed by atoms with E-state index in [0.29, 0.717) is 0 Å². The Balaban J connectivity index is 1.54. The Morgan fingerprint density at radius 2 is 2.00 bits per heavy atom. The van der Waals surface area contributed by atoms with Crippen LogP contribution >= 0.6 is 0 Å². The van der Waals surface area contributed by atoms with Crippen LogP contribution < -0.4 is 9.74 Å². The molecule has 2 heterocycles. The molecule has 0 aliphatic carbocycles. The molecular formula is C18H18N4O2. The molecule has 1 aliphatic rings. The Morgan fingerprint density at radius 3 is 2.92 bits per heavy atom. The third kappa shape index (κ3) is 2.50. The average Bonchev–Trinajstić information content (AvgIpc) is 3.03. The molecule has 0 spiro atoms. The lowest BCUT2D eigenvalue weighted by Crippen LogP contribution is -2.45. The summed E-state index contributed by atoms with van der Waals surface area (Å²) in [5.41, 5.74) is 3.67. The van der Waals surface area contributed by atoms with Crippen LogP contribution in [0.25, 0.3) is 11.0 Å². The Kier molecular flexibility index (Phi) is 3.65. The molecule has 2 aromatic carbocycles. The second-order valence-electron chi connectivity index (χ2n) is 6.00. The molecule has 1 unspecified atom stereocenters. The molecule has 4 rings (SSSR count). The molecule has 24 heavy (non-hydrogen) atoms. The van der Waals surface area contributed by atoms with Gasteiger partial charge >= 0.3 is 0 Å². The van der Waals surface area contributed by atoms with Gasteiger partial charge in [-0.15, -0.1) is 5.10 Å². The standard InChI is InChI=1S/C18H18N4O2/c1-13-10-11-14-6-2-4-8-16(14)21(13)18(23)12-24-22-17-9-5-3-7-15(17)19-20-22/h2-9,13H,10-12H2,1H3. The van der Waals surface area contributed by atoms with Crippen LogP contribution in [0, 0.1) is 0 Å². The summed E-state index contributed by atoms with van der Waals surface area (Å²) in [6, 6.07) is 15.7. The monoisotopic (exact) mass is 322 g/mol. The number of carbonyl (C=O) groups is 1. The molecule has 6 nitrogen and oxygen atoms in total. The molecule has 1 aromatic heterocycles. The highest BCUT2D eigenvalue weighted by Crippen LogP contribution is 2.30. The Morgan fingerprint density at radius 1 is 1.21 bits per heavy atom. The van der Waals surface area contributed by atoms with Crippen molar-refractivity contribution in [2.45, 2.75) is 25.8 Å². The summed E-state index contributed by atoms with van der Waals surface area (Å²) < 4.78 is 0. The zero-order valence-corrected chi connectivity index (χ0v) is 13.4. The van der Waals surface area contributed by atoms with Gasteiger partial charge < -0.3 is 9.74 Å². The molecule has 122 valence electrons. The predicted octanol–water partition coefficient (Wildman–Crippen LogP) is 2.23. The van der Waals surface area contributed by atoms with Crippen molar-refractivity contribution in [3.63, 3.8) is 0 Å². The van der Waals surface area contributed by atoms with Crippen LogP contribution in [0.15, 0.2) is 48.5 Å². The highest BCUT2D eigenvalue weighted by Gasteiger charge is 2.28. The van der Waals surface area contributed by atoms with Gasteiger partial charge in [-0.3, -0.25) is 4.79 Å². The van der Waals surface area contributed by atoms with Crippen LogP contribution in [0.2, 0.25) is 0 Å². The number of hydrogen-bond donors (Lipinski definition) is 0. The van der Waals surface area contributed by atoms with Crippen molar-refractivity contribution in [3.8, 4) is 0 Å². The van der Waals surface area contributed by atoms with Crippen molar-refractivity contribution in [1.29, 1.82) is 0 Å². The first-order valence-electron chi connectivity index (χ1n) is 8.08. The van der Waals surface area contributed by atoms with E-state index in [4.69, 9.17) is 4.84 Å². The van der Waals surface area contributed by atoms with E-state index >= 15 is 0 Å². The smallest absolute Gasteiger partial charge is 0.268 e. The molecule has 1 atom stereocenters. The van der Waals surface area contributed by atoms with Gasteiger partial charge in [-0.05, 0) is 48.7 Å². The number of rotatable bonds is 3. The fourth-order valence-electron chi connectivity index (χ4n) is 3.20. The van der Waals surface area contributed by atoms with E-state index in [0.717, 1.165) is 29.6 Å². The average molecular weight is 322 g/mol. The largest absolute Gasteiger partial charge is 0.385 e. The molecule has 0 N–H and O–H groups in total. The van der Waals surface area contributed by atoms with Crippen LogP contribution in [0.1, 0.15) is 18.9 Å². The van der Waals surface area contributed by atoms with Gasteiger partial charge in [0, 0.05) is 11.7 Å². The maximum atomic E-state index is 12.7. The molecule has 0 saturated heterocycles. The number of benzene rings is 2. The van der Waals surface area contributed by atoms with Gasteiger partial charge in [0.05, 0.1) is 0 Å². The lowest BCUT2D eigenvalue weighted by Gasteiger charge is -2.35. The molecular weight excluding hydrogens is 304 g/mol. The molecule has 3 aromatic rings. The maximum absolute atomic E-state index is 12.7. The Labute approximate surface area is 139 Å². The normalized spacial score (nSPS) is 16.9. The van der Waals surface area contributed by atoms with Crippen molar-refractivity contribution in [2.24, 2.45) is 0 Å². The number of anilines is 1. The fraction of sp³-hybridized carbons (Fsp3) is 0.278.